The van der Waals surface area contributed by atoms with E-state index >= 15 is 0 Å². The number of nitrogens with one attached hydrogen (secondary N) is 2. The lowest BCUT2D eigenvalue weighted by molar-refractivity contribution is -0.136. The molecule has 5 rings (SSSR count). The second-order valence-electron chi connectivity index (χ2n) is 9.66. The first-order chi connectivity index (χ1) is 17.0. The highest BCUT2D eigenvalue weighted by atomic mass is 16.2. The van der Waals surface area contributed by atoms with E-state index in [4.69, 9.17) is 0 Å². The van der Waals surface area contributed by atoms with Crippen LogP contribution in [0, 0.1) is 6.92 Å². The molecule has 2 amide bonds. The number of likely N-dealkylation sites (N-methyl/N-ethyl adjacent to an activating group) is 1. The molecule has 1 saturated heterocycles. The number of aryl methyl sites for hydroxylation is 1. The van der Waals surface area contributed by atoms with Gasteiger partial charge >= 0.3 is 11.8 Å². The number of carbonyl (C=O) groups is 2. The Kier molecular flexibility index (Phi) is 6.68. The van der Waals surface area contributed by atoms with Crippen molar-refractivity contribution in [2.45, 2.75) is 38.6 Å². The molecule has 0 spiro atoms. The summed E-state index contributed by atoms with van der Waals surface area (Å²) in [6.07, 6.45) is 4.60. The number of likely N-dealkylation sites (tertiary alicyclic amines) is 1. The van der Waals surface area contributed by atoms with Crippen molar-refractivity contribution in [3.8, 4) is 0 Å². The van der Waals surface area contributed by atoms with Gasteiger partial charge in [-0.1, -0.05) is 36.8 Å². The SMILES string of the molecule is Cc1cc(NC(=O)C(=O)NC[C@@H](c2ccc3c(c2)CCN3C)N2CCCCC2)c2ccccc2n1. The number of aromatic nitrogens is 1. The van der Waals surface area contributed by atoms with Crippen LogP contribution in [0.5, 0.6) is 0 Å². The number of rotatable bonds is 5. The Morgan fingerprint density at radius 2 is 1.80 bits per heavy atom. The van der Waals surface area contributed by atoms with Gasteiger partial charge in [0.1, 0.15) is 0 Å². The van der Waals surface area contributed by atoms with Gasteiger partial charge in [0, 0.05) is 36.9 Å². The molecule has 7 heteroatoms. The Labute approximate surface area is 206 Å². The fraction of sp³-hybridized carbons (Fsp3) is 0.393. The predicted octanol–water partition coefficient (Wildman–Crippen LogP) is 3.82. The average Bonchev–Trinajstić information content (AvgIpc) is 3.24. The van der Waals surface area contributed by atoms with Crippen LogP contribution in [0.25, 0.3) is 10.9 Å². The Hall–Kier alpha value is -3.45. The van der Waals surface area contributed by atoms with E-state index in [1.807, 2.05) is 31.2 Å². The zero-order valence-corrected chi connectivity index (χ0v) is 20.5. The van der Waals surface area contributed by atoms with Gasteiger partial charge in [-0.25, -0.2) is 0 Å². The lowest BCUT2D eigenvalue weighted by Gasteiger charge is -2.35. The van der Waals surface area contributed by atoms with Gasteiger partial charge in [0.2, 0.25) is 0 Å². The molecule has 7 nitrogen and oxygen atoms in total. The molecule has 0 saturated carbocycles. The van der Waals surface area contributed by atoms with Crippen LogP contribution in [0.3, 0.4) is 0 Å². The highest BCUT2D eigenvalue weighted by molar-refractivity contribution is 6.40. The van der Waals surface area contributed by atoms with E-state index in [0.29, 0.717) is 12.2 Å². The topological polar surface area (TPSA) is 77.6 Å². The van der Waals surface area contributed by atoms with Crippen molar-refractivity contribution in [3.63, 3.8) is 0 Å². The number of nitrogens with zero attached hydrogens (tertiary/aromatic N) is 3. The third kappa shape index (κ3) is 5.00. The third-order valence-corrected chi connectivity index (χ3v) is 7.20. The van der Waals surface area contributed by atoms with Gasteiger partial charge in [-0.3, -0.25) is 19.5 Å². The van der Waals surface area contributed by atoms with Crippen LogP contribution in [-0.4, -0.2) is 54.9 Å². The number of hydrogen-bond acceptors (Lipinski definition) is 5. The molecule has 1 atom stereocenters. The normalized spacial score (nSPS) is 16.7. The molecule has 3 heterocycles. The van der Waals surface area contributed by atoms with Crippen LogP contribution in [0.4, 0.5) is 11.4 Å². The third-order valence-electron chi connectivity index (χ3n) is 7.20. The zero-order chi connectivity index (χ0) is 24.4. The van der Waals surface area contributed by atoms with Crippen molar-refractivity contribution >= 4 is 34.1 Å². The van der Waals surface area contributed by atoms with E-state index in [0.717, 1.165) is 55.5 Å². The first-order valence-electron chi connectivity index (χ1n) is 12.5. The molecule has 182 valence electrons. The molecule has 1 aromatic heterocycles. The Morgan fingerprint density at radius 1 is 1.00 bits per heavy atom. The fourth-order valence-corrected chi connectivity index (χ4v) is 5.34. The van der Waals surface area contributed by atoms with Crippen molar-refractivity contribution < 1.29 is 9.59 Å². The smallest absolute Gasteiger partial charge is 0.313 e. The maximum Gasteiger partial charge on any atom is 0.313 e. The van der Waals surface area contributed by atoms with E-state index in [2.05, 4.69) is 50.7 Å². The molecule has 0 bridgehead atoms. The number of amides is 2. The molecule has 0 unspecified atom stereocenters. The number of fused-ring (bicyclic) bond motifs is 2. The van der Waals surface area contributed by atoms with Crippen molar-refractivity contribution in [3.05, 3.63) is 65.4 Å². The van der Waals surface area contributed by atoms with Gasteiger partial charge in [-0.15, -0.1) is 0 Å². The van der Waals surface area contributed by atoms with Crippen LogP contribution < -0.4 is 15.5 Å². The predicted molar refractivity (Wildman–Crippen MR) is 140 cm³/mol. The molecule has 3 aromatic rings. The summed E-state index contributed by atoms with van der Waals surface area (Å²) in [6.45, 7) is 5.32. The number of pyridine rings is 1. The van der Waals surface area contributed by atoms with Gasteiger partial charge in [0.05, 0.1) is 17.2 Å². The number of anilines is 2. The fourth-order valence-electron chi connectivity index (χ4n) is 5.34. The molecular weight excluding hydrogens is 438 g/mol. The van der Waals surface area contributed by atoms with Gasteiger partial charge in [0.25, 0.3) is 0 Å². The van der Waals surface area contributed by atoms with Gasteiger partial charge in [0.15, 0.2) is 0 Å². The average molecular weight is 472 g/mol. The number of benzene rings is 2. The van der Waals surface area contributed by atoms with E-state index in [1.54, 1.807) is 6.07 Å². The van der Waals surface area contributed by atoms with E-state index < -0.39 is 11.8 Å². The summed E-state index contributed by atoms with van der Waals surface area (Å²) >= 11 is 0. The molecule has 2 aliphatic rings. The van der Waals surface area contributed by atoms with Crippen molar-refractivity contribution in [2.24, 2.45) is 0 Å². The van der Waals surface area contributed by atoms with Crippen LogP contribution in [0.2, 0.25) is 0 Å². The van der Waals surface area contributed by atoms with Gasteiger partial charge in [-0.2, -0.15) is 0 Å². The maximum absolute atomic E-state index is 12.9. The minimum atomic E-state index is -0.659. The number of piperidine rings is 1. The molecule has 0 radical (unpaired) electrons. The summed E-state index contributed by atoms with van der Waals surface area (Å²) in [5.74, 6) is -1.28. The lowest BCUT2D eigenvalue weighted by atomic mass is 9.98. The van der Waals surface area contributed by atoms with Crippen molar-refractivity contribution in [1.29, 1.82) is 0 Å². The number of para-hydroxylation sites is 1. The summed E-state index contributed by atoms with van der Waals surface area (Å²) in [5, 5.41) is 6.53. The summed E-state index contributed by atoms with van der Waals surface area (Å²) < 4.78 is 0. The first-order valence-corrected chi connectivity index (χ1v) is 12.5. The van der Waals surface area contributed by atoms with Gasteiger partial charge < -0.3 is 15.5 Å². The molecule has 2 aliphatic heterocycles. The summed E-state index contributed by atoms with van der Waals surface area (Å²) in [4.78, 5) is 34.9. The second kappa shape index (κ2) is 10.0. The number of carbonyl (C=O) groups excluding carboxylic acids is 2. The van der Waals surface area contributed by atoms with Crippen LogP contribution in [-0.2, 0) is 16.0 Å². The molecule has 35 heavy (non-hydrogen) atoms. The minimum Gasteiger partial charge on any atom is -0.374 e. The zero-order valence-electron chi connectivity index (χ0n) is 20.5. The van der Waals surface area contributed by atoms with Crippen LogP contribution >= 0.6 is 0 Å². The Bertz CT molecular complexity index is 1250. The summed E-state index contributed by atoms with van der Waals surface area (Å²) in [5.41, 5.74) is 6.02. The standard InChI is InChI=1S/C28H33N5O2/c1-19-16-24(22-8-4-5-9-23(22)30-19)31-28(35)27(34)29-18-26(33-13-6-3-7-14-33)20-10-11-25-21(17-20)12-15-32(25)2/h4-5,8-11,16-17,26H,3,6-7,12-15,18H2,1-2H3,(H,29,34)(H,30,31,35)/t26-/m0/s1. The molecule has 0 aliphatic carbocycles. The highest BCUT2D eigenvalue weighted by Crippen LogP contribution is 2.32. The minimum absolute atomic E-state index is 0.0484. The first kappa shape index (κ1) is 23.3. The van der Waals surface area contributed by atoms with Crippen LogP contribution in [0.15, 0.2) is 48.5 Å². The summed E-state index contributed by atoms with van der Waals surface area (Å²) in [6, 6.07) is 16.1. The molecule has 2 N–H and O–H groups in total. The maximum atomic E-state index is 12.9. The van der Waals surface area contributed by atoms with E-state index in [1.165, 1.54) is 23.2 Å². The Balaban J connectivity index is 1.31. The molecule has 1 fully saturated rings. The highest BCUT2D eigenvalue weighted by Gasteiger charge is 2.26. The largest absolute Gasteiger partial charge is 0.374 e. The van der Waals surface area contributed by atoms with Crippen molar-refractivity contribution in [1.82, 2.24) is 15.2 Å². The van der Waals surface area contributed by atoms with Crippen LogP contribution in [0.1, 0.15) is 42.1 Å². The summed E-state index contributed by atoms with van der Waals surface area (Å²) in [7, 11) is 2.12. The Morgan fingerprint density at radius 3 is 2.63 bits per heavy atom. The lowest BCUT2D eigenvalue weighted by Crippen LogP contribution is -2.43. The molecule has 2 aromatic carbocycles. The molecular formula is C28H33N5O2. The van der Waals surface area contributed by atoms with Gasteiger partial charge in [-0.05, 0) is 68.6 Å². The monoisotopic (exact) mass is 471 g/mol. The van der Waals surface area contributed by atoms with Crippen molar-refractivity contribution in [2.75, 3.05) is 43.4 Å². The van der Waals surface area contributed by atoms with E-state index in [9.17, 15) is 9.59 Å². The number of hydrogen-bond donors (Lipinski definition) is 2. The quantitative estimate of drug-likeness (QED) is 0.554. The second-order valence-corrected chi connectivity index (χ2v) is 9.66. The van der Waals surface area contributed by atoms with E-state index in [-0.39, 0.29) is 6.04 Å².